The largest absolute Gasteiger partial charge is 0.230 e. The fourth-order valence-electron chi connectivity index (χ4n) is 0.832. The normalized spacial score (nSPS) is 13.1. The molecule has 0 aliphatic carbocycles. The summed E-state index contributed by atoms with van der Waals surface area (Å²) in [6.45, 7) is 1.89. The molecule has 0 amide bonds. The van der Waals surface area contributed by atoms with Gasteiger partial charge in [0.2, 0.25) is 0 Å². The summed E-state index contributed by atoms with van der Waals surface area (Å²) in [4.78, 5) is 0. The Morgan fingerprint density at radius 3 is 2.40 bits per heavy atom. The van der Waals surface area contributed by atoms with Crippen LogP contribution in [0.4, 0.5) is 4.39 Å². The van der Waals surface area contributed by atoms with Crippen LogP contribution in [0.15, 0.2) is 24.3 Å². The summed E-state index contributed by atoms with van der Waals surface area (Å²) in [5.41, 5.74) is 1.69. The minimum Gasteiger partial charge on any atom is -0.230 e. The van der Waals surface area contributed by atoms with Crippen molar-refractivity contribution in [3.05, 3.63) is 35.4 Å². The molecule has 1 aromatic rings. The van der Waals surface area contributed by atoms with Gasteiger partial charge in [-0.15, -0.1) is 0 Å². The highest BCUT2D eigenvalue weighted by molar-refractivity contribution is 9.09. The van der Waals surface area contributed by atoms with Crippen LogP contribution in [0.1, 0.15) is 16.2 Å². The molecule has 0 saturated heterocycles. The molecule has 0 heterocycles. The first-order valence-electron chi connectivity index (χ1n) is 3.05. The molecule has 0 radical (unpaired) electrons. The lowest BCUT2D eigenvalue weighted by Gasteiger charge is -2.02. The third kappa shape index (κ3) is 1.57. The summed E-state index contributed by atoms with van der Waals surface area (Å²) in [6.07, 6.45) is 0. The van der Waals surface area contributed by atoms with E-state index in [1.807, 2.05) is 25.1 Å². The van der Waals surface area contributed by atoms with E-state index in [0.29, 0.717) is 5.56 Å². The number of aryl methyl sites for hydroxylation is 1. The Morgan fingerprint density at radius 2 is 2.00 bits per heavy atom. The number of hydrogen-bond acceptors (Lipinski definition) is 0. The molecule has 0 bridgehead atoms. The summed E-state index contributed by atoms with van der Waals surface area (Å²) in [5.74, 6) is 0. The number of hydrogen-bond donors (Lipinski definition) is 0. The van der Waals surface area contributed by atoms with Gasteiger partial charge in [0.05, 0.1) is 0 Å². The third-order valence-corrected chi connectivity index (χ3v) is 1.92. The van der Waals surface area contributed by atoms with E-state index >= 15 is 0 Å². The highest BCUT2D eigenvalue weighted by atomic mass is 79.9. The molecule has 0 aliphatic heterocycles. The van der Waals surface area contributed by atoms with Gasteiger partial charge in [-0.05, 0) is 34.0 Å². The molecule has 0 spiro atoms. The van der Waals surface area contributed by atoms with E-state index in [-0.39, 0.29) is 0 Å². The Labute approximate surface area is 68.2 Å². The molecule has 2 heteroatoms. The van der Waals surface area contributed by atoms with E-state index < -0.39 is 5.08 Å². The monoisotopic (exact) mass is 202 g/mol. The maximum absolute atomic E-state index is 12.6. The third-order valence-electron chi connectivity index (χ3n) is 1.42. The topological polar surface area (TPSA) is 0 Å². The first kappa shape index (κ1) is 7.73. The molecule has 1 atom stereocenters. The van der Waals surface area contributed by atoms with E-state index in [1.54, 1.807) is 6.07 Å². The van der Waals surface area contributed by atoms with Crippen LogP contribution in [0.25, 0.3) is 0 Å². The maximum atomic E-state index is 12.6. The summed E-state index contributed by atoms with van der Waals surface area (Å²) in [6, 6.07) is 7.39. The fourth-order valence-corrected chi connectivity index (χ4v) is 1.35. The SMILES string of the molecule is Cc1ccccc1C(F)Br. The Bertz CT molecular complexity index is 220. The number of rotatable bonds is 1. The molecule has 10 heavy (non-hydrogen) atoms. The van der Waals surface area contributed by atoms with Crippen molar-refractivity contribution in [2.45, 2.75) is 12.0 Å². The average molecular weight is 203 g/mol. The second kappa shape index (κ2) is 3.15. The van der Waals surface area contributed by atoms with Crippen LogP contribution in [0, 0.1) is 6.92 Å². The van der Waals surface area contributed by atoms with Gasteiger partial charge in [0.1, 0.15) is 0 Å². The molecule has 1 aromatic carbocycles. The van der Waals surface area contributed by atoms with Gasteiger partial charge in [-0.25, -0.2) is 4.39 Å². The zero-order valence-corrected chi connectivity index (χ0v) is 7.23. The zero-order chi connectivity index (χ0) is 7.56. The van der Waals surface area contributed by atoms with Crippen LogP contribution in [0.5, 0.6) is 0 Å². The molecule has 0 aliphatic rings. The van der Waals surface area contributed by atoms with Gasteiger partial charge in [0.25, 0.3) is 0 Å². The molecule has 0 saturated carbocycles. The van der Waals surface area contributed by atoms with Gasteiger partial charge < -0.3 is 0 Å². The summed E-state index contributed by atoms with van der Waals surface area (Å²) < 4.78 is 12.6. The Balaban J connectivity index is 3.03. The molecular weight excluding hydrogens is 195 g/mol. The Kier molecular flexibility index (Phi) is 2.44. The fraction of sp³-hybridized carbons (Fsp3) is 0.250. The molecule has 0 fully saturated rings. The average Bonchev–Trinajstić information content (AvgIpc) is 1.88. The highest BCUT2D eigenvalue weighted by Gasteiger charge is 2.05. The molecule has 0 aromatic heterocycles. The zero-order valence-electron chi connectivity index (χ0n) is 5.64. The van der Waals surface area contributed by atoms with Crippen LogP contribution in [-0.2, 0) is 0 Å². The lowest BCUT2D eigenvalue weighted by atomic mass is 10.1. The second-order valence-electron chi connectivity index (χ2n) is 2.16. The van der Waals surface area contributed by atoms with Crippen LogP contribution in [-0.4, -0.2) is 0 Å². The highest BCUT2D eigenvalue weighted by Crippen LogP contribution is 2.25. The van der Waals surface area contributed by atoms with Crippen LogP contribution >= 0.6 is 15.9 Å². The predicted octanol–water partition coefficient (Wildman–Crippen LogP) is 3.36. The molecule has 1 rings (SSSR count). The Hall–Kier alpha value is -0.370. The van der Waals surface area contributed by atoms with E-state index in [0.717, 1.165) is 5.56 Å². The van der Waals surface area contributed by atoms with Crippen LogP contribution in [0.2, 0.25) is 0 Å². The maximum Gasteiger partial charge on any atom is 0.180 e. The van der Waals surface area contributed by atoms with E-state index in [4.69, 9.17) is 0 Å². The van der Waals surface area contributed by atoms with E-state index in [1.165, 1.54) is 0 Å². The van der Waals surface area contributed by atoms with Crippen molar-refractivity contribution in [1.82, 2.24) is 0 Å². The van der Waals surface area contributed by atoms with Crippen molar-refractivity contribution in [2.24, 2.45) is 0 Å². The first-order valence-corrected chi connectivity index (χ1v) is 3.97. The smallest absolute Gasteiger partial charge is 0.180 e. The standard InChI is InChI=1S/C8H8BrF/c1-6-4-2-3-5-7(6)8(9)10/h2-5,8H,1H3. The molecular formula is C8H8BrF. The van der Waals surface area contributed by atoms with Crippen molar-refractivity contribution >= 4 is 15.9 Å². The van der Waals surface area contributed by atoms with Crippen LogP contribution < -0.4 is 0 Å². The lowest BCUT2D eigenvalue weighted by Crippen LogP contribution is -1.85. The van der Waals surface area contributed by atoms with Crippen molar-refractivity contribution in [3.8, 4) is 0 Å². The summed E-state index contributed by atoms with van der Waals surface area (Å²) >= 11 is 2.87. The van der Waals surface area contributed by atoms with Gasteiger partial charge >= 0.3 is 0 Å². The van der Waals surface area contributed by atoms with Gasteiger partial charge in [-0.3, -0.25) is 0 Å². The van der Waals surface area contributed by atoms with Crippen molar-refractivity contribution in [1.29, 1.82) is 0 Å². The number of alkyl halides is 2. The lowest BCUT2D eigenvalue weighted by molar-refractivity contribution is 0.477. The van der Waals surface area contributed by atoms with Crippen molar-refractivity contribution in [2.75, 3.05) is 0 Å². The summed E-state index contributed by atoms with van der Waals surface area (Å²) in [5, 5.41) is -1.03. The van der Waals surface area contributed by atoms with Crippen molar-refractivity contribution < 1.29 is 4.39 Å². The quantitative estimate of drug-likeness (QED) is 0.614. The van der Waals surface area contributed by atoms with E-state index in [2.05, 4.69) is 15.9 Å². The number of halogens is 2. The molecule has 1 unspecified atom stereocenters. The second-order valence-corrected chi connectivity index (χ2v) is 2.96. The van der Waals surface area contributed by atoms with Gasteiger partial charge in [-0.2, -0.15) is 0 Å². The molecule has 0 nitrogen and oxygen atoms in total. The van der Waals surface area contributed by atoms with Gasteiger partial charge in [-0.1, -0.05) is 24.3 Å². The summed E-state index contributed by atoms with van der Waals surface area (Å²) in [7, 11) is 0. The first-order chi connectivity index (χ1) is 4.72. The molecule has 54 valence electrons. The van der Waals surface area contributed by atoms with Crippen molar-refractivity contribution in [3.63, 3.8) is 0 Å². The number of benzene rings is 1. The predicted molar refractivity (Wildman–Crippen MR) is 44.0 cm³/mol. The minimum absolute atomic E-state index is 0.711. The molecule has 0 N–H and O–H groups in total. The van der Waals surface area contributed by atoms with Gasteiger partial charge in [0, 0.05) is 0 Å². The van der Waals surface area contributed by atoms with Gasteiger partial charge in [0.15, 0.2) is 5.08 Å². The minimum atomic E-state index is -1.03. The van der Waals surface area contributed by atoms with Crippen LogP contribution in [0.3, 0.4) is 0 Å². The Morgan fingerprint density at radius 1 is 1.40 bits per heavy atom. The van der Waals surface area contributed by atoms with E-state index in [9.17, 15) is 4.39 Å².